The lowest BCUT2D eigenvalue weighted by atomic mass is 9.72. The maximum Gasteiger partial charge on any atom is 0.306 e. The third kappa shape index (κ3) is 11.3. The molecule has 2 saturated heterocycles. The number of fused-ring (bicyclic) bond motifs is 1. The van der Waals surface area contributed by atoms with Gasteiger partial charge in [0.25, 0.3) is 0 Å². The number of thiazole rings is 1. The molecule has 2 aliphatic heterocycles. The number of nitrogens with zero attached hydrogens (tertiary/aromatic N) is 1. The molecule has 9 nitrogen and oxygen atoms in total. The van der Waals surface area contributed by atoms with Crippen LogP contribution in [0.4, 0.5) is 0 Å². The summed E-state index contributed by atoms with van der Waals surface area (Å²) >= 11 is 1.59. The Morgan fingerprint density at radius 2 is 1.86 bits per heavy atom. The molecule has 3 rings (SSSR count). The number of unbranched alkanes of at least 4 members (excludes halogenated alkanes) is 2. The first-order valence-electron chi connectivity index (χ1n) is 18.8. The third-order valence-corrected chi connectivity index (χ3v) is 16.9. The van der Waals surface area contributed by atoms with Crippen molar-refractivity contribution in [2.75, 3.05) is 6.54 Å². The maximum atomic E-state index is 14.7. The van der Waals surface area contributed by atoms with Crippen molar-refractivity contribution in [3.8, 4) is 0 Å². The summed E-state index contributed by atoms with van der Waals surface area (Å²) in [7, 11) is -2.26. The van der Waals surface area contributed by atoms with Gasteiger partial charge in [-0.25, -0.2) is 4.98 Å². The van der Waals surface area contributed by atoms with Gasteiger partial charge in [0.05, 0.1) is 46.4 Å². The number of aryl methyl sites for hydroxylation is 1. The normalized spacial score (nSPS) is 30.4. The number of Topliss-reactive ketones (excluding diaryl/α,β-unsaturated/α-hetero) is 1. The lowest BCUT2D eigenvalue weighted by Gasteiger charge is -2.44. The van der Waals surface area contributed by atoms with E-state index in [0.717, 1.165) is 48.4 Å². The number of amides is 1. The molecule has 284 valence electrons. The molecule has 3 N–H and O–H groups in total. The van der Waals surface area contributed by atoms with Crippen LogP contribution < -0.4 is 11.1 Å². The number of esters is 1. The highest BCUT2D eigenvalue weighted by Gasteiger charge is 2.53. The SMILES string of the molecule is C/C(=C\c1csc(C)n1)[C@@H]1C[C@@H]2O[C@]2(C)CCC[C@H](C)[C@H](O[Si](C)(C)C(C)(C)C)[C@@H](C)C(=O)C(C)(C)[C@@H](OC(=O)CCCCCN)CC(=O)N1. The van der Waals surface area contributed by atoms with Gasteiger partial charge < -0.3 is 25.0 Å². The summed E-state index contributed by atoms with van der Waals surface area (Å²) in [6, 6.07) is -0.309. The molecule has 3 heterocycles. The molecule has 0 aliphatic carbocycles. The first-order chi connectivity index (χ1) is 23.1. The van der Waals surface area contributed by atoms with Crippen LogP contribution in [0.15, 0.2) is 11.0 Å². The van der Waals surface area contributed by atoms with Crippen molar-refractivity contribution < 1.29 is 28.3 Å². The van der Waals surface area contributed by atoms with Gasteiger partial charge in [0.2, 0.25) is 5.91 Å². The van der Waals surface area contributed by atoms with E-state index in [0.29, 0.717) is 19.4 Å². The Morgan fingerprint density at radius 3 is 2.46 bits per heavy atom. The second-order valence-corrected chi connectivity index (χ2v) is 23.1. The highest BCUT2D eigenvalue weighted by atomic mass is 32.1. The molecule has 2 fully saturated rings. The van der Waals surface area contributed by atoms with Gasteiger partial charge in [0.15, 0.2) is 8.32 Å². The summed E-state index contributed by atoms with van der Waals surface area (Å²) in [5, 5.41) is 6.19. The lowest BCUT2D eigenvalue weighted by Crippen LogP contribution is -2.52. The molecular formula is C39H67N3O6SSi. The topological polar surface area (TPSA) is 133 Å². The highest BCUT2D eigenvalue weighted by molar-refractivity contribution is 7.09. The van der Waals surface area contributed by atoms with Gasteiger partial charge in [0, 0.05) is 24.1 Å². The number of ether oxygens (including phenoxy) is 2. The van der Waals surface area contributed by atoms with Gasteiger partial charge in [-0.1, -0.05) is 47.5 Å². The van der Waals surface area contributed by atoms with E-state index in [9.17, 15) is 14.4 Å². The molecule has 7 atom stereocenters. The number of carbonyl (C=O) groups excluding carboxylic acids is 3. The quantitative estimate of drug-likeness (QED) is 0.107. The summed E-state index contributed by atoms with van der Waals surface area (Å²) in [4.78, 5) is 46.5. The minimum atomic E-state index is -2.26. The Bertz CT molecular complexity index is 1350. The second kappa shape index (κ2) is 17.3. The van der Waals surface area contributed by atoms with Gasteiger partial charge in [0.1, 0.15) is 11.9 Å². The standard InChI is InChI=1S/C39H67N3O6SSi/c1-25-17-16-19-39(10)32(47-39)22-30(26(2)21-29-24-49-28(4)41-29)42-33(43)23-31(46-34(44)18-14-13-15-20-40)38(8,9)36(45)27(3)35(25)48-50(11,12)37(5,6)7/h21,24-25,27,30-32,35H,13-20,22-23,40H2,1-12H3,(H,42,43)/b26-21+/t25-,27+,30-,31-,32-,35-,39+/m0/s1. The molecule has 1 aromatic heterocycles. The van der Waals surface area contributed by atoms with E-state index >= 15 is 0 Å². The van der Waals surface area contributed by atoms with Crippen LogP contribution in [0.1, 0.15) is 131 Å². The molecule has 1 amide bonds. The Labute approximate surface area is 307 Å². The van der Waals surface area contributed by atoms with Crippen LogP contribution in [0.2, 0.25) is 18.1 Å². The first kappa shape index (κ1) is 42.5. The number of aromatic nitrogens is 1. The number of epoxide rings is 1. The Kier molecular flexibility index (Phi) is 14.7. The van der Waals surface area contributed by atoms with E-state index in [2.05, 4.69) is 58.0 Å². The maximum absolute atomic E-state index is 14.7. The predicted molar refractivity (Wildman–Crippen MR) is 205 cm³/mol. The van der Waals surface area contributed by atoms with E-state index in [1.807, 2.05) is 46.1 Å². The van der Waals surface area contributed by atoms with Crippen molar-refractivity contribution in [2.24, 2.45) is 23.0 Å². The van der Waals surface area contributed by atoms with Crippen LogP contribution >= 0.6 is 11.3 Å². The Hall–Kier alpha value is -1.92. The van der Waals surface area contributed by atoms with Gasteiger partial charge in [-0.05, 0) is 103 Å². The van der Waals surface area contributed by atoms with Crippen LogP contribution in [0.3, 0.4) is 0 Å². The van der Waals surface area contributed by atoms with Crippen molar-refractivity contribution in [1.82, 2.24) is 10.3 Å². The zero-order valence-corrected chi connectivity index (χ0v) is 34.9. The van der Waals surface area contributed by atoms with Crippen LogP contribution in [-0.2, 0) is 28.3 Å². The molecular weight excluding hydrogens is 667 g/mol. The first-order valence-corrected chi connectivity index (χ1v) is 22.6. The Morgan fingerprint density at radius 1 is 1.18 bits per heavy atom. The lowest BCUT2D eigenvalue weighted by molar-refractivity contribution is -0.162. The third-order valence-electron chi connectivity index (χ3n) is 11.6. The second-order valence-electron chi connectivity index (χ2n) is 17.3. The van der Waals surface area contributed by atoms with Gasteiger partial charge in [-0.2, -0.15) is 0 Å². The number of nitrogens with one attached hydrogen (secondary N) is 1. The summed E-state index contributed by atoms with van der Waals surface area (Å²) in [6.45, 7) is 25.6. The van der Waals surface area contributed by atoms with Gasteiger partial charge in [-0.3, -0.25) is 14.4 Å². The molecule has 0 bridgehead atoms. The molecule has 11 heteroatoms. The Balaban J connectivity index is 2.01. The van der Waals surface area contributed by atoms with E-state index in [4.69, 9.17) is 19.6 Å². The van der Waals surface area contributed by atoms with Crippen molar-refractivity contribution in [3.05, 3.63) is 21.7 Å². The number of nitrogens with two attached hydrogens (primary N) is 1. The summed E-state index contributed by atoms with van der Waals surface area (Å²) < 4.78 is 19.5. The fraction of sp³-hybridized carbons (Fsp3) is 0.795. The highest BCUT2D eigenvalue weighted by Crippen LogP contribution is 2.46. The molecule has 50 heavy (non-hydrogen) atoms. The molecule has 0 saturated carbocycles. The van der Waals surface area contributed by atoms with E-state index in [-0.39, 0.29) is 59.3 Å². The zero-order chi connectivity index (χ0) is 37.7. The van der Waals surface area contributed by atoms with Crippen LogP contribution in [0.25, 0.3) is 6.08 Å². The van der Waals surface area contributed by atoms with Crippen LogP contribution in [0.5, 0.6) is 0 Å². The van der Waals surface area contributed by atoms with Crippen molar-refractivity contribution in [1.29, 1.82) is 0 Å². The minimum absolute atomic E-state index is 0.00472. The van der Waals surface area contributed by atoms with E-state index in [1.54, 1.807) is 11.3 Å². The average molecular weight is 734 g/mol. The minimum Gasteiger partial charge on any atom is -0.461 e. The molecule has 0 aromatic carbocycles. The van der Waals surface area contributed by atoms with Crippen molar-refractivity contribution in [3.63, 3.8) is 0 Å². The fourth-order valence-corrected chi connectivity index (χ4v) is 8.94. The predicted octanol–water partition coefficient (Wildman–Crippen LogP) is 8.15. The number of carbonyl (C=O) groups is 3. The molecule has 0 radical (unpaired) electrons. The smallest absolute Gasteiger partial charge is 0.306 e. The monoisotopic (exact) mass is 733 g/mol. The number of ketones is 1. The average Bonchev–Trinajstić information content (AvgIpc) is 3.46. The van der Waals surface area contributed by atoms with Crippen molar-refractivity contribution >= 4 is 43.4 Å². The van der Waals surface area contributed by atoms with Gasteiger partial charge in [-0.15, -0.1) is 11.3 Å². The summed E-state index contributed by atoms with van der Waals surface area (Å²) in [5.74, 6) is -1.10. The fourth-order valence-electron chi connectivity index (χ4n) is 6.90. The molecule has 0 spiro atoms. The largest absolute Gasteiger partial charge is 0.461 e. The van der Waals surface area contributed by atoms with E-state index < -0.39 is 31.7 Å². The van der Waals surface area contributed by atoms with Crippen LogP contribution in [-0.4, -0.2) is 67.5 Å². The zero-order valence-electron chi connectivity index (χ0n) is 33.1. The number of rotatable bonds is 10. The number of hydrogen-bond acceptors (Lipinski definition) is 9. The summed E-state index contributed by atoms with van der Waals surface area (Å²) in [5.41, 5.74) is 6.06. The van der Waals surface area contributed by atoms with Gasteiger partial charge >= 0.3 is 5.97 Å². The van der Waals surface area contributed by atoms with Crippen LogP contribution in [0, 0.1) is 24.2 Å². The molecule has 1 aromatic rings. The summed E-state index contributed by atoms with van der Waals surface area (Å²) in [6.07, 6.45) is 6.44. The van der Waals surface area contributed by atoms with Crippen molar-refractivity contribution in [2.45, 2.75) is 175 Å². The number of hydrogen-bond donors (Lipinski definition) is 2. The molecule has 2 aliphatic rings. The van der Waals surface area contributed by atoms with E-state index in [1.165, 1.54) is 0 Å². The molecule has 0 unspecified atom stereocenters.